The molecular weight excluding hydrogens is 478 g/mol. The minimum Gasteiger partial charge on any atom is -0.388 e. The van der Waals surface area contributed by atoms with Gasteiger partial charge >= 0.3 is 0 Å². The summed E-state index contributed by atoms with van der Waals surface area (Å²) < 4.78 is 1.73. The molecule has 1 amide bonds. The van der Waals surface area contributed by atoms with Crippen molar-refractivity contribution in [2.24, 2.45) is 0 Å². The predicted octanol–water partition coefficient (Wildman–Crippen LogP) is 4.16. The Kier molecular flexibility index (Phi) is 6.19. The van der Waals surface area contributed by atoms with E-state index < -0.39 is 5.60 Å². The van der Waals surface area contributed by atoms with Crippen LogP contribution in [0.1, 0.15) is 59.4 Å². The second-order valence-corrected chi connectivity index (χ2v) is 10.6. The van der Waals surface area contributed by atoms with Gasteiger partial charge in [-0.3, -0.25) is 19.7 Å². The second-order valence-electron chi connectivity index (χ2n) is 10.6. The number of rotatable bonds is 5. The Hall–Kier alpha value is -4.04. The molecule has 0 aliphatic heterocycles. The SMILES string of the molecule is Cc1cc(-c2n[nH]c3ccc(C(=O)N[C@@H]4CCC[C@@](O)(Cn5c6c(ccc5=O)C=CCC6)C4)cc23)ccn1. The van der Waals surface area contributed by atoms with Crippen molar-refractivity contribution in [1.82, 2.24) is 25.1 Å². The molecule has 6 rings (SSSR count). The second kappa shape index (κ2) is 9.68. The monoisotopic (exact) mass is 509 g/mol. The standard InChI is InChI=1S/C30H31N5O3/c1-19-15-21(12-14-31-19)28-24-16-22(8-10-25(24)33-34-28)29(37)32-23-6-4-13-30(38,17-23)18-35-26-7-3-2-5-20(26)9-11-27(35)36/h2,5,8-12,14-16,23,38H,3-4,6-7,13,17-18H2,1H3,(H,32,37)(H,33,34)/t23-,30+/m1/s1. The fraction of sp³-hybridized carbons (Fsp3) is 0.333. The number of fused-ring (bicyclic) bond motifs is 2. The summed E-state index contributed by atoms with van der Waals surface area (Å²) >= 11 is 0. The van der Waals surface area contributed by atoms with Gasteiger partial charge < -0.3 is 15.0 Å². The van der Waals surface area contributed by atoms with Gasteiger partial charge in [0.1, 0.15) is 5.69 Å². The first-order valence-electron chi connectivity index (χ1n) is 13.2. The number of carbonyl (C=O) groups is 1. The average Bonchev–Trinajstić information content (AvgIpc) is 3.34. The number of allylic oxidation sites excluding steroid dienone is 1. The van der Waals surface area contributed by atoms with Crippen molar-refractivity contribution >= 4 is 22.9 Å². The molecule has 8 nitrogen and oxygen atoms in total. The van der Waals surface area contributed by atoms with E-state index in [0.29, 0.717) is 18.4 Å². The number of pyridine rings is 2. The third-order valence-corrected chi connectivity index (χ3v) is 7.78. The van der Waals surface area contributed by atoms with Crippen LogP contribution in [0.2, 0.25) is 0 Å². The first-order chi connectivity index (χ1) is 18.4. The number of hydrogen-bond donors (Lipinski definition) is 3. The molecule has 0 bridgehead atoms. The molecule has 0 unspecified atom stereocenters. The Balaban J connectivity index is 1.20. The number of H-pyrrole nitrogens is 1. The van der Waals surface area contributed by atoms with Crippen LogP contribution in [0.4, 0.5) is 0 Å². The van der Waals surface area contributed by atoms with Crippen LogP contribution in [-0.2, 0) is 13.0 Å². The van der Waals surface area contributed by atoms with Gasteiger partial charge in [-0.2, -0.15) is 5.10 Å². The lowest BCUT2D eigenvalue weighted by molar-refractivity contribution is -0.0224. The van der Waals surface area contributed by atoms with Crippen LogP contribution in [0.5, 0.6) is 0 Å². The lowest BCUT2D eigenvalue weighted by atomic mass is 9.81. The average molecular weight is 510 g/mol. The van der Waals surface area contributed by atoms with Gasteiger partial charge in [0.15, 0.2) is 0 Å². The molecule has 194 valence electrons. The molecule has 1 saturated carbocycles. The highest BCUT2D eigenvalue weighted by molar-refractivity contribution is 6.01. The number of aromatic nitrogens is 4. The molecule has 2 aliphatic rings. The summed E-state index contributed by atoms with van der Waals surface area (Å²) in [5.74, 6) is -0.182. The first kappa shape index (κ1) is 24.3. The van der Waals surface area contributed by atoms with Gasteiger partial charge in [0.2, 0.25) is 0 Å². The van der Waals surface area contributed by atoms with E-state index in [1.165, 1.54) is 0 Å². The molecule has 0 radical (unpaired) electrons. The first-order valence-corrected chi connectivity index (χ1v) is 13.2. The van der Waals surface area contributed by atoms with E-state index in [4.69, 9.17) is 0 Å². The lowest BCUT2D eigenvalue weighted by Crippen LogP contribution is -2.49. The minimum absolute atomic E-state index is 0.0905. The zero-order chi connectivity index (χ0) is 26.3. The van der Waals surface area contributed by atoms with Gasteiger partial charge in [-0.05, 0) is 87.4 Å². The quantitative estimate of drug-likeness (QED) is 0.374. The number of nitrogens with zero attached hydrogens (tertiary/aromatic N) is 3. The lowest BCUT2D eigenvalue weighted by Gasteiger charge is -2.38. The number of aromatic amines is 1. The van der Waals surface area contributed by atoms with Gasteiger partial charge in [-0.15, -0.1) is 0 Å². The molecule has 2 atom stereocenters. The molecule has 3 N–H and O–H groups in total. The van der Waals surface area contributed by atoms with Gasteiger partial charge in [0.25, 0.3) is 11.5 Å². The van der Waals surface area contributed by atoms with Crippen LogP contribution in [0.15, 0.2) is 59.5 Å². The molecule has 0 spiro atoms. The normalized spacial score (nSPS) is 20.8. The van der Waals surface area contributed by atoms with E-state index in [1.54, 1.807) is 22.9 Å². The highest BCUT2D eigenvalue weighted by atomic mass is 16.3. The highest BCUT2D eigenvalue weighted by Crippen LogP contribution is 2.32. The summed E-state index contributed by atoms with van der Waals surface area (Å²) in [5, 5.41) is 23.1. The molecule has 3 heterocycles. The Labute approximate surface area is 220 Å². The largest absolute Gasteiger partial charge is 0.388 e. The third-order valence-electron chi connectivity index (χ3n) is 7.78. The zero-order valence-electron chi connectivity index (χ0n) is 21.4. The molecule has 38 heavy (non-hydrogen) atoms. The predicted molar refractivity (Wildman–Crippen MR) is 147 cm³/mol. The van der Waals surface area contributed by atoms with E-state index in [1.807, 2.05) is 43.3 Å². The fourth-order valence-electron chi connectivity index (χ4n) is 5.91. The molecular formula is C30H31N5O3. The Morgan fingerprint density at radius 2 is 2.13 bits per heavy atom. The molecule has 3 aromatic heterocycles. The Morgan fingerprint density at radius 1 is 1.24 bits per heavy atom. The Morgan fingerprint density at radius 3 is 3.00 bits per heavy atom. The van der Waals surface area contributed by atoms with E-state index in [-0.39, 0.29) is 24.1 Å². The van der Waals surface area contributed by atoms with Crippen LogP contribution >= 0.6 is 0 Å². The number of benzene rings is 1. The van der Waals surface area contributed by atoms with Gasteiger partial charge in [-0.25, -0.2) is 0 Å². The number of aryl methyl sites for hydroxylation is 1. The van der Waals surface area contributed by atoms with Crippen LogP contribution in [-0.4, -0.2) is 42.4 Å². The maximum absolute atomic E-state index is 13.3. The van der Waals surface area contributed by atoms with Gasteiger partial charge in [0, 0.05) is 46.2 Å². The van der Waals surface area contributed by atoms with Gasteiger partial charge in [0.05, 0.1) is 17.7 Å². The summed E-state index contributed by atoms with van der Waals surface area (Å²) in [6.45, 7) is 2.17. The fourth-order valence-corrected chi connectivity index (χ4v) is 5.91. The summed E-state index contributed by atoms with van der Waals surface area (Å²) in [4.78, 5) is 30.3. The molecule has 1 fully saturated rings. The van der Waals surface area contributed by atoms with Crippen molar-refractivity contribution in [2.45, 2.75) is 63.6 Å². The van der Waals surface area contributed by atoms with Crippen molar-refractivity contribution < 1.29 is 9.90 Å². The summed E-state index contributed by atoms with van der Waals surface area (Å²) in [7, 11) is 0. The van der Waals surface area contributed by atoms with Crippen molar-refractivity contribution in [3.63, 3.8) is 0 Å². The van der Waals surface area contributed by atoms with Crippen LogP contribution in [0, 0.1) is 6.92 Å². The maximum Gasteiger partial charge on any atom is 0.251 e. The summed E-state index contributed by atoms with van der Waals surface area (Å²) in [6, 6.07) is 12.6. The number of nitrogens with one attached hydrogen (secondary N) is 2. The summed E-state index contributed by atoms with van der Waals surface area (Å²) in [6.07, 6.45) is 10.1. The van der Waals surface area contributed by atoms with Gasteiger partial charge in [-0.1, -0.05) is 12.2 Å². The minimum atomic E-state index is -1.06. The number of aliphatic hydroxyl groups is 1. The smallest absolute Gasteiger partial charge is 0.251 e. The van der Waals surface area contributed by atoms with Crippen LogP contribution in [0.3, 0.4) is 0 Å². The molecule has 4 aromatic rings. The third kappa shape index (κ3) is 4.67. The van der Waals surface area contributed by atoms with E-state index >= 15 is 0 Å². The zero-order valence-corrected chi connectivity index (χ0v) is 21.4. The molecule has 8 heteroatoms. The topological polar surface area (TPSA) is 113 Å². The number of carbonyl (C=O) groups excluding carboxylic acids is 1. The Bertz CT molecular complexity index is 1620. The van der Waals surface area contributed by atoms with E-state index in [0.717, 1.165) is 64.8 Å². The van der Waals surface area contributed by atoms with Crippen molar-refractivity contribution in [3.05, 3.63) is 87.6 Å². The summed E-state index contributed by atoms with van der Waals surface area (Å²) in [5.41, 5.74) is 4.87. The highest BCUT2D eigenvalue weighted by Gasteiger charge is 2.36. The van der Waals surface area contributed by atoms with E-state index in [9.17, 15) is 14.7 Å². The van der Waals surface area contributed by atoms with Crippen LogP contribution < -0.4 is 10.9 Å². The van der Waals surface area contributed by atoms with Crippen LogP contribution in [0.25, 0.3) is 28.2 Å². The molecule has 1 aromatic carbocycles. The molecule has 0 saturated heterocycles. The van der Waals surface area contributed by atoms with Crippen molar-refractivity contribution in [3.8, 4) is 11.3 Å². The number of amides is 1. The number of hydrogen-bond acceptors (Lipinski definition) is 5. The molecule has 2 aliphatic carbocycles. The van der Waals surface area contributed by atoms with Crippen molar-refractivity contribution in [2.75, 3.05) is 0 Å². The van der Waals surface area contributed by atoms with E-state index in [2.05, 4.69) is 26.6 Å². The van der Waals surface area contributed by atoms with Crippen molar-refractivity contribution in [1.29, 1.82) is 0 Å². The maximum atomic E-state index is 13.3.